The van der Waals surface area contributed by atoms with Crippen molar-refractivity contribution in [1.29, 1.82) is 0 Å². The fourth-order valence-electron chi connectivity index (χ4n) is 3.02. The van der Waals surface area contributed by atoms with E-state index in [-0.39, 0.29) is 17.1 Å². The van der Waals surface area contributed by atoms with Gasteiger partial charge in [-0.1, -0.05) is 59.9 Å². The van der Waals surface area contributed by atoms with Gasteiger partial charge in [0.15, 0.2) is 4.96 Å². The molecule has 2 amide bonds. The molecule has 4 aromatic rings. The summed E-state index contributed by atoms with van der Waals surface area (Å²) in [6, 6.07) is 19.7. The first-order chi connectivity index (χ1) is 14.5. The molecule has 4 rings (SSSR count). The summed E-state index contributed by atoms with van der Waals surface area (Å²) >= 11 is 1.01. The number of fused-ring (bicyclic) bond motifs is 1. The standard InChI is InChI=1S/C22H18N4O3S/c1-14-12-17(27)26-18(20(28)23-13-15-8-4-2-5-9-15)19(30-22(26)24-14)21(29)25-16-10-6-3-7-11-16/h2-12H,13H2,1H3,(H,23,28)(H,25,29). The lowest BCUT2D eigenvalue weighted by Gasteiger charge is -2.08. The minimum atomic E-state index is -0.518. The fraction of sp³-hybridized carbons (Fsp3) is 0.0909. The highest BCUT2D eigenvalue weighted by Crippen LogP contribution is 2.23. The van der Waals surface area contributed by atoms with Crippen molar-refractivity contribution in [3.8, 4) is 0 Å². The van der Waals surface area contributed by atoms with Gasteiger partial charge in [-0.25, -0.2) is 9.38 Å². The van der Waals surface area contributed by atoms with E-state index in [2.05, 4.69) is 15.6 Å². The lowest BCUT2D eigenvalue weighted by Crippen LogP contribution is -2.29. The third kappa shape index (κ3) is 3.99. The van der Waals surface area contributed by atoms with Crippen molar-refractivity contribution in [3.05, 3.63) is 98.9 Å². The van der Waals surface area contributed by atoms with Gasteiger partial charge in [-0.2, -0.15) is 0 Å². The van der Waals surface area contributed by atoms with Gasteiger partial charge in [-0.3, -0.25) is 14.4 Å². The zero-order chi connectivity index (χ0) is 21.1. The van der Waals surface area contributed by atoms with Gasteiger partial charge in [0.2, 0.25) is 0 Å². The van der Waals surface area contributed by atoms with Crippen LogP contribution in [0, 0.1) is 6.92 Å². The van der Waals surface area contributed by atoms with Crippen LogP contribution < -0.4 is 16.2 Å². The van der Waals surface area contributed by atoms with Gasteiger partial charge in [0, 0.05) is 24.0 Å². The van der Waals surface area contributed by atoms with Crippen LogP contribution in [0.1, 0.15) is 31.4 Å². The topological polar surface area (TPSA) is 92.6 Å². The molecule has 2 aromatic heterocycles. The number of thiazole rings is 1. The average molecular weight is 418 g/mol. The number of para-hydroxylation sites is 1. The molecule has 0 saturated carbocycles. The molecule has 0 saturated heterocycles. The summed E-state index contributed by atoms with van der Waals surface area (Å²) in [6.07, 6.45) is 0. The summed E-state index contributed by atoms with van der Waals surface area (Å²) in [4.78, 5) is 43.4. The molecule has 30 heavy (non-hydrogen) atoms. The summed E-state index contributed by atoms with van der Waals surface area (Å²) in [7, 11) is 0. The number of aromatic nitrogens is 2. The minimum absolute atomic E-state index is 0.0168. The molecule has 150 valence electrons. The molecule has 0 radical (unpaired) electrons. The van der Waals surface area contributed by atoms with E-state index >= 15 is 0 Å². The third-order valence-corrected chi connectivity index (χ3v) is 5.44. The normalized spacial score (nSPS) is 10.7. The van der Waals surface area contributed by atoms with E-state index in [1.807, 2.05) is 36.4 Å². The van der Waals surface area contributed by atoms with Crippen molar-refractivity contribution in [1.82, 2.24) is 14.7 Å². The molecule has 7 nitrogen and oxygen atoms in total. The molecule has 0 aliphatic heterocycles. The Morgan fingerprint density at radius 2 is 1.67 bits per heavy atom. The van der Waals surface area contributed by atoms with Crippen LogP contribution in [0.2, 0.25) is 0 Å². The van der Waals surface area contributed by atoms with Crippen LogP contribution in [0.3, 0.4) is 0 Å². The molecular formula is C22H18N4O3S. The lowest BCUT2D eigenvalue weighted by molar-refractivity contribution is 0.0933. The zero-order valence-corrected chi connectivity index (χ0v) is 16.9. The predicted octanol–water partition coefficient (Wildman–Crippen LogP) is 3.25. The van der Waals surface area contributed by atoms with Crippen molar-refractivity contribution in [3.63, 3.8) is 0 Å². The SMILES string of the molecule is Cc1cc(=O)n2c(C(=O)NCc3ccccc3)c(C(=O)Nc3ccccc3)sc2n1. The Hall–Kier alpha value is -3.78. The Labute approximate surface area is 176 Å². The molecule has 8 heteroatoms. The van der Waals surface area contributed by atoms with Crippen LogP contribution >= 0.6 is 11.3 Å². The Kier molecular flexibility index (Phi) is 5.40. The maximum atomic E-state index is 13.0. The second-order valence-corrected chi connectivity index (χ2v) is 7.60. The van der Waals surface area contributed by atoms with Crippen molar-refractivity contribution in [2.75, 3.05) is 5.32 Å². The van der Waals surface area contributed by atoms with Gasteiger partial charge in [0.25, 0.3) is 17.4 Å². The van der Waals surface area contributed by atoms with E-state index in [0.29, 0.717) is 16.3 Å². The number of nitrogens with zero attached hydrogens (tertiary/aromatic N) is 2. The smallest absolute Gasteiger partial charge is 0.270 e. The molecule has 0 atom stereocenters. The van der Waals surface area contributed by atoms with Crippen LogP contribution in [0.5, 0.6) is 0 Å². The van der Waals surface area contributed by atoms with Gasteiger partial charge in [-0.05, 0) is 24.6 Å². The largest absolute Gasteiger partial charge is 0.347 e. The lowest BCUT2D eigenvalue weighted by atomic mass is 10.2. The summed E-state index contributed by atoms with van der Waals surface area (Å²) in [5, 5.41) is 5.57. The number of rotatable bonds is 5. The Bertz CT molecular complexity index is 1280. The van der Waals surface area contributed by atoms with Gasteiger partial charge in [0.05, 0.1) is 0 Å². The molecule has 2 heterocycles. The number of anilines is 1. The molecule has 0 spiro atoms. The number of hydrogen-bond donors (Lipinski definition) is 2. The number of amides is 2. The van der Waals surface area contributed by atoms with Crippen molar-refractivity contribution in [2.24, 2.45) is 0 Å². The number of aryl methyl sites for hydroxylation is 1. The first-order valence-electron chi connectivity index (χ1n) is 9.24. The third-order valence-electron chi connectivity index (χ3n) is 4.40. The Balaban J connectivity index is 1.73. The van der Waals surface area contributed by atoms with E-state index < -0.39 is 17.4 Å². The van der Waals surface area contributed by atoms with E-state index in [4.69, 9.17) is 0 Å². The van der Waals surface area contributed by atoms with E-state index in [1.54, 1.807) is 31.2 Å². The first kappa shape index (κ1) is 19.5. The Morgan fingerprint density at radius 3 is 2.37 bits per heavy atom. The fourth-order valence-corrected chi connectivity index (χ4v) is 4.09. The highest BCUT2D eigenvalue weighted by Gasteiger charge is 2.26. The summed E-state index contributed by atoms with van der Waals surface area (Å²) in [5.74, 6) is -0.991. The summed E-state index contributed by atoms with van der Waals surface area (Å²) < 4.78 is 1.19. The van der Waals surface area contributed by atoms with Gasteiger partial charge in [-0.15, -0.1) is 0 Å². The van der Waals surface area contributed by atoms with Crippen LogP contribution in [-0.4, -0.2) is 21.2 Å². The predicted molar refractivity (Wildman–Crippen MR) is 116 cm³/mol. The van der Waals surface area contributed by atoms with Crippen LogP contribution in [0.25, 0.3) is 4.96 Å². The summed E-state index contributed by atoms with van der Waals surface area (Å²) in [6.45, 7) is 1.96. The molecule has 0 fully saturated rings. The molecule has 2 N–H and O–H groups in total. The highest BCUT2D eigenvalue weighted by molar-refractivity contribution is 7.19. The minimum Gasteiger partial charge on any atom is -0.347 e. The van der Waals surface area contributed by atoms with Crippen molar-refractivity contribution in [2.45, 2.75) is 13.5 Å². The van der Waals surface area contributed by atoms with E-state index in [0.717, 1.165) is 16.9 Å². The Morgan fingerprint density at radius 1 is 1.00 bits per heavy atom. The van der Waals surface area contributed by atoms with E-state index in [1.165, 1.54) is 10.5 Å². The van der Waals surface area contributed by atoms with Crippen LogP contribution in [0.4, 0.5) is 5.69 Å². The quantitative estimate of drug-likeness (QED) is 0.520. The average Bonchev–Trinajstić information content (AvgIpc) is 3.13. The first-order valence-corrected chi connectivity index (χ1v) is 10.1. The van der Waals surface area contributed by atoms with Crippen molar-refractivity contribution >= 4 is 33.8 Å². The molecule has 0 aliphatic carbocycles. The van der Waals surface area contributed by atoms with Gasteiger partial charge < -0.3 is 10.6 Å². The molecular weight excluding hydrogens is 400 g/mol. The maximum absolute atomic E-state index is 13.0. The zero-order valence-electron chi connectivity index (χ0n) is 16.1. The number of carbonyl (C=O) groups excluding carboxylic acids is 2. The number of carbonyl (C=O) groups is 2. The monoisotopic (exact) mass is 418 g/mol. The summed E-state index contributed by atoms with van der Waals surface area (Å²) in [5.41, 5.74) is 1.59. The van der Waals surface area contributed by atoms with Gasteiger partial charge in [0.1, 0.15) is 10.6 Å². The van der Waals surface area contributed by atoms with Crippen molar-refractivity contribution < 1.29 is 9.59 Å². The number of nitrogens with one attached hydrogen (secondary N) is 2. The number of benzene rings is 2. The maximum Gasteiger partial charge on any atom is 0.270 e. The second-order valence-electron chi connectivity index (χ2n) is 6.62. The van der Waals surface area contributed by atoms with E-state index in [9.17, 15) is 14.4 Å². The molecule has 2 aromatic carbocycles. The molecule has 0 bridgehead atoms. The number of hydrogen-bond acceptors (Lipinski definition) is 5. The van der Waals surface area contributed by atoms with Crippen LogP contribution in [0.15, 0.2) is 71.5 Å². The molecule has 0 aliphatic rings. The van der Waals surface area contributed by atoms with Gasteiger partial charge >= 0.3 is 0 Å². The van der Waals surface area contributed by atoms with Crippen LogP contribution in [-0.2, 0) is 6.54 Å². The highest BCUT2D eigenvalue weighted by atomic mass is 32.1. The molecule has 0 unspecified atom stereocenters. The second kappa shape index (κ2) is 8.30.